The Kier molecular flexibility index (Phi) is 6.18. The second-order valence-electron chi connectivity index (χ2n) is 5.86. The number of halogens is 1. The van der Waals surface area contributed by atoms with Gasteiger partial charge in [-0.25, -0.2) is 0 Å². The van der Waals surface area contributed by atoms with Crippen molar-refractivity contribution in [1.29, 1.82) is 0 Å². The van der Waals surface area contributed by atoms with E-state index in [4.69, 9.17) is 16.3 Å². The minimum atomic E-state index is 0.787. The molecule has 0 saturated carbocycles. The highest BCUT2D eigenvalue weighted by atomic mass is 35.5. The molecule has 2 rings (SSSR count). The van der Waals surface area contributed by atoms with Crippen LogP contribution in [-0.4, -0.2) is 31.1 Å². The molecule has 20 heavy (non-hydrogen) atoms. The molecular formula is C17H26ClNO. The second-order valence-corrected chi connectivity index (χ2v) is 6.26. The van der Waals surface area contributed by atoms with Gasteiger partial charge in [0, 0.05) is 18.1 Å². The number of hydrogen-bond acceptors (Lipinski definition) is 2. The number of nitrogens with zero attached hydrogens (tertiary/aromatic N) is 1. The van der Waals surface area contributed by atoms with E-state index in [-0.39, 0.29) is 0 Å². The van der Waals surface area contributed by atoms with Crippen LogP contribution in [0.2, 0.25) is 5.02 Å². The first-order chi connectivity index (χ1) is 9.69. The number of benzene rings is 1. The fourth-order valence-corrected chi connectivity index (χ4v) is 3.13. The van der Waals surface area contributed by atoms with Gasteiger partial charge in [0.25, 0.3) is 0 Å². The van der Waals surface area contributed by atoms with Crippen LogP contribution < -0.4 is 4.74 Å². The second kappa shape index (κ2) is 7.90. The lowest BCUT2D eigenvalue weighted by Crippen LogP contribution is -2.35. The summed E-state index contributed by atoms with van der Waals surface area (Å²) in [5.41, 5.74) is 1.16. The van der Waals surface area contributed by atoms with Crippen molar-refractivity contribution in [3.63, 3.8) is 0 Å². The van der Waals surface area contributed by atoms with Crippen LogP contribution in [0.1, 0.15) is 38.7 Å². The van der Waals surface area contributed by atoms with Crippen LogP contribution in [0.25, 0.3) is 0 Å². The molecule has 3 heteroatoms. The van der Waals surface area contributed by atoms with Gasteiger partial charge in [-0.05, 0) is 61.9 Å². The van der Waals surface area contributed by atoms with Crippen molar-refractivity contribution in [3.8, 4) is 5.75 Å². The van der Waals surface area contributed by atoms with Gasteiger partial charge in [0.2, 0.25) is 0 Å². The fraction of sp³-hybridized carbons (Fsp3) is 0.647. The van der Waals surface area contributed by atoms with Crippen LogP contribution >= 0.6 is 11.6 Å². The first kappa shape index (κ1) is 15.7. The molecule has 1 saturated heterocycles. The van der Waals surface area contributed by atoms with Gasteiger partial charge in [-0.1, -0.05) is 25.4 Å². The van der Waals surface area contributed by atoms with E-state index in [2.05, 4.69) is 24.8 Å². The molecule has 0 radical (unpaired) electrons. The summed E-state index contributed by atoms with van der Waals surface area (Å²) >= 11 is 6.11. The maximum atomic E-state index is 6.11. The molecule has 0 amide bonds. The van der Waals surface area contributed by atoms with Gasteiger partial charge >= 0.3 is 0 Å². The van der Waals surface area contributed by atoms with Crippen molar-refractivity contribution in [1.82, 2.24) is 4.90 Å². The lowest BCUT2D eigenvalue weighted by molar-refractivity contribution is 0.170. The number of hydrogen-bond donors (Lipinski definition) is 0. The highest BCUT2D eigenvalue weighted by Crippen LogP contribution is 2.22. The minimum absolute atomic E-state index is 0.787. The van der Waals surface area contributed by atoms with Crippen molar-refractivity contribution in [2.75, 3.05) is 26.2 Å². The molecule has 0 aromatic heterocycles. The van der Waals surface area contributed by atoms with Crippen molar-refractivity contribution in [3.05, 3.63) is 28.8 Å². The summed E-state index contributed by atoms with van der Waals surface area (Å²) in [6.07, 6.45) is 4.77. The van der Waals surface area contributed by atoms with Crippen molar-refractivity contribution >= 4 is 11.6 Å². The molecule has 1 unspecified atom stereocenters. The van der Waals surface area contributed by atoms with Crippen LogP contribution in [0.4, 0.5) is 0 Å². The summed E-state index contributed by atoms with van der Waals surface area (Å²) in [7, 11) is 0. The van der Waals surface area contributed by atoms with Crippen molar-refractivity contribution < 1.29 is 4.74 Å². The van der Waals surface area contributed by atoms with Gasteiger partial charge in [0.1, 0.15) is 5.75 Å². The quantitative estimate of drug-likeness (QED) is 0.721. The average Bonchev–Trinajstić information content (AvgIpc) is 2.45. The summed E-state index contributed by atoms with van der Waals surface area (Å²) in [6, 6.07) is 5.96. The summed E-state index contributed by atoms with van der Waals surface area (Å²) in [5.74, 6) is 1.80. The van der Waals surface area contributed by atoms with Crippen LogP contribution in [0.5, 0.6) is 5.75 Å². The number of rotatable bonds is 6. The minimum Gasteiger partial charge on any atom is -0.494 e. The largest absolute Gasteiger partial charge is 0.494 e. The lowest BCUT2D eigenvalue weighted by atomic mass is 10.0. The monoisotopic (exact) mass is 295 g/mol. The van der Waals surface area contributed by atoms with Gasteiger partial charge in [-0.2, -0.15) is 0 Å². The molecule has 0 aliphatic carbocycles. The summed E-state index contributed by atoms with van der Waals surface area (Å²) in [5, 5.41) is 0.835. The Labute approximate surface area is 128 Å². The smallest absolute Gasteiger partial charge is 0.119 e. The summed E-state index contributed by atoms with van der Waals surface area (Å²) in [6.45, 7) is 8.91. The van der Waals surface area contributed by atoms with E-state index in [0.29, 0.717) is 0 Å². The van der Waals surface area contributed by atoms with E-state index in [1.165, 1.54) is 25.9 Å². The standard InChI is InChI=1S/C17H26ClNO/c1-3-15-12-16(7-8-17(15)18)20-11-5-10-19-9-4-6-14(2)13-19/h7-8,12,14H,3-6,9-11,13H2,1-2H3. The topological polar surface area (TPSA) is 12.5 Å². The van der Waals surface area contributed by atoms with Gasteiger partial charge in [0.15, 0.2) is 0 Å². The van der Waals surface area contributed by atoms with Gasteiger partial charge in [-0.15, -0.1) is 0 Å². The van der Waals surface area contributed by atoms with Crippen LogP contribution in [0.3, 0.4) is 0 Å². The van der Waals surface area contributed by atoms with Crippen molar-refractivity contribution in [2.45, 2.75) is 39.5 Å². The molecule has 0 N–H and O–H groups in total. The Morgan fingerprint density at radius 1 is 1.40 bits per heavy atom. The molecule has 0 bridgehead atoms. The molecule has 1 aliphatic rings. The van der Waals surface area contributed by atoms with E-state index in [9.17, 15) is 0 Å². The zero-order valence-electron chi connectivity index (χ0n) is 12.7. The molecule has 112 valence electrons. The molecule has 2 nitrogen and oxygen atoms in total. The van der Waals surface area contributed by atoms with Crippen LogP contribution in [0, 0.1) is 5.92 Å². The number of ether oxygens (including phenoxy) is 1. The third kappa shape index (κ3) is 4.68. The molecule has 0 spiro atoms. The van der Waals surface area contributed by atoms with Crippen LogP contribution in [-0.2, 0) is 6.42 Å². The third-order valence-electron chi connectivity index (χ3n) is 4.03. The first-order valence-electron chi connectivity index (χ1n) is 7.82. The van der Waals surface area contributed by atoms with E-state index in [1.54, 1.807) is 0 Å². The molecular weight excluding hydrogens is 270 g/mol. The van der Waals surface area contributed by atoms with E-state index in [1.807, 2.05) is 12.1 Å². The van der Waals surface area contributed by atoms with E-state index >= 15 is 0 Å². The molecule has 1 aromatic carbocycles. The zero-order chi connectivity index (χ0) is 14.4. The van der Waals surface area contributed by atoms with Gasteiger partial charge in [0.05, 0.1) is 6.61 Å². The summed E-state index contributed by atoms with van der Waals surface area (Å²) < 4.78 is 5.84. The normalized spacial score (nSPS) is 20.1. The molecule has 1 aliphatic heterocycles. The predicted molar refractivity (Wildman–Crippen MR) is 85.8 cm³/mol. The van der Waals surface area contributed by atoms with Gasteiger partial charge < -0.3 is 9.64 Å². The average molecular weight is 296 g/mol. The highest BCUT2D eigenvalue weighted by Gasteiger charge is 2.15. The maximum absolute atomic E-state index is 6.11. The Morgan fingerprint density at radius 3 is 3.00 bits per heavy atom. The molecule has 1 heterocycles. The lowest BCUT2D eigenvalue weighted by Gasteiger charge is -2.30. The third-order valence-corrected chi connectivity index (χ3v) is 4.40. The molecule has 1 aromatic rings. The Bertz CT molecular complexity index is 421. The SMILES string of the molecule is CCc1cc(OCCCN2CCCC(C)C2)ccc1Cl. The number of likely N-dealkylation sites (tertiary alicyclic amines) is 1. The number of aryl methyl sites for hydroxylation is 1. The molecule has 1 atom stereocenters. The van der Waals surface area contributed by atoms with E-state index in [0.717, 1.165) is 48.2 Å². The maximum Gasteiger partial charge on any atom is 0.119 e. The molecule has 1 fully saturated rings. The zero-order valence-corrected chi connectivity index (χ0v) is 13.5. The first-order valence-corrected chi connectivity index (χ1v) is 8.20. The van der Waals surface area contributed by atoms with Crippen molar-refractivity contribution in [2.24, 2.45) is 5.92 Å². The highest BCUT2D eigenvalue weighted by molar-refractivity contribution is 6.31. The number of piperidine rings is 1. The Balaban J connectivity index is 1.70. The van der Waals surface area contributed by atoms with Crippen LogP contribution in [0.15, 0.2) is 18.2 Å². The fourth-order valence-electron chi connectivity index (χ4n) is 2.88. The summed E-state index contributed by atoms with van der Waals surface area (Å²) in [4.78, 5) is 2.57. The van der Waals surface area contributed by atoms with Gasteiger partial charge in [-0.3, -0.25) is 0 Å². The Hall–Kier alpha value is -0.730. The predicted octanol–water partition coefficient (Wildman–Crippen LogP) is 4.40. The van der Waals surface area contributed by atoms with E-state index < -0.39 is 0 Å². The Morgan fingerprint density at radius 2 is 2.25 bits per heavy atom.